The number of hydrogen-bond acceptors (Lipinski definition) is 4. The first-order valence-corrected chi connectivity index (χ1v) is 13.7. The van der Waals surface area contributed by atoms with Crippen molar-refractivity contribution in [2.75, 3.05) is 31.1 Å². The minimum atomic E-state index is -0.446. The van der Waals surface area contributed by atoms with E-state index in [1.54, 1.807) is 23.5 Å². The molecule has 2 aliphatic heterocycles. The Balaban J connectivity index is 1.34. The zero-order valence-electron chi connectivity index (χ0n) is 20.2. The molecule has 3 aliphatic rings. The smallest absolute Gasteiger partial charge is 0.254 e. The van der Waals surface area contributed by atoms with Crippen LogP contribution < -0.4 is 4.90 Å². The number of carbonyl (C=O) groups is 2. The Hall–Kier alpha value is -3.19. The summed E-state index contributed by atoms with van der Waals surface area (Å²) >= 11 is 1.62. The SMILES string of the molecule is O=C([C@H]1c2ccccc2C(=O)N(C2CCCC2)[C@@H]1c1cccs1)N1CCN(c2ccccc2F)CC1. The molecule has 5 nitrogen and oxygen atoms in total. The molecule has 0 bridgehead atoms. The van der Waals surface area contributed by atoms with Gasteiger partial charge in [0.2, 0.25) is 5.91 Å². The van der Waals surface area contributed by atoms with Crippen molar-refractivity contribution in [2.24, 2.45) is 0 Å². The maximum atomic E-state index is 14.4. The molecule has 1 saturated carbocycles. The maximum Gasteiger partial charge on any atom is 0.254 e. The lowest BCUT2D eigenvalue weighted by molar-refractivity contribution is -0.135. The van der Waals surface area contributed by atoms with Crippen LogP contribution in [0.1, 0.15) is 58.4 Å². The van der Waals surface area contributed by atoms with Crippen LogP contribution in [0.15, 0.2) is 66.0 Å². The molecule has 2 atom stereocenters. The van der Waals surface area contributed by atoms with E-state index in [1.165, 1.54) is 6.07 Å². The van der Waals surface area contributed by atoms with Crippen LogP contribution in [0.25, 0.3) is 0 Å². The molecule has 0 unspecified atom stereocenters. The molecule has 0 radical (unpaired) electrons. The molecule has 2 fully saturated rings. The standard InChI is InChI=1S/C29H30FN3O2S/c30-23-12-5-6-13-24(23)31-15-17-32(18-16-31)29(35)26-21-10-3-4-11-22(21)28(34)33(20-8-1-2-9-20)27(26)25-14-7-19-36-25/h3-7,10-14,19-20,26-27H,1-2,8-9,15-18H2/t26-,27+/m0/s1. The van der Waals surface area contributed by atoms with Crippen LogP contribution in [0.2, 0.25) is 0 Å². The molecule has 1 saturated heterocycles. The van der Waals surface area contributed by atoms with Crippen molar-refractivity contribution < 1.29 is 14.0 Å². The highest BCUT2D eigenvalue weighted by molar-refractivity contribution is 7.10. The predicted molar refractivity (Wildman–Crippen MR) is 140 cm³/mol. The second-order valence-corrected chi connectivity index (χ2v) is 10.9. The third-order valence-electron chi connectivity index (χ3n) is 7.98. The van der Waals surface area contributed by atoms with E-state index in [0.29, 0.717) is 37.4 Å². The van der Waals surface area contributed by atoms with Crippen LogP contribution >= 0.6 is 11.3 Å². The zero-order valence-corrected chi connectivity index (χ0v) is 21.0. The van der Waals surface area contributed by atoms with Gasteiger partial charge in [0.1, 0.15) is 5.82 Å². The number of rotatable bonds is 4. The highest BCUT2D eigenvalue weighted by atomic mass is 32.1. The van der Waals surface area contributed by atoms with Gasteiger partial charge in [-0.25, -0.2) is 4.39 Å². The molecular formula is C29H30FN3O2S. The molecule has 6 rings (SSSR count). The average Bonchev–Trinajstić information content (AvgIpc) is 3.64. The average molecular weight is 504 g/mol. The predicted octanol–water partition coefficient (Wildman–Crippen LogP) is 5.46. The van der Waals surface area contributed by atoms with E-state index in [0.717, 1.165) is 36.1 Å². The third-order valence-corrected chi connectivity index (χ3v) is 8.92. The van der Waals surface area contributed by atoms with Gasteiger partial charge >= 0.3 is 0 Å². The van der Waals surface area contributed by atoms with E-state index < -0.39 is 5.92 Å². The summed E-state index contributed by atoms with van der Waals surface area (Å²) in [5, 5.41) is 2.03. The summed E-state index contributed by atoms with van der Waals surface area (Å²) < 4.78 is 14.4. The summed E-state index contributed by atoms with van der Waals surface area (Å²) in [6.07, 6.45) is 4.20. The van der Waals surface area contributed by atoms with Crippen molar-refractivity contribution in [3.63, 3.8) is 0 Å². The molecular weight excluding hydrogens is 473 g/mol. The Morgan fingerprint density at radius 3 is 2.33 bits per heavy atom. The van der Waals surface area contributed by atoms with Gasteiger partial charge in [-0.05, 0) is 48.1 Å². The summed E-state index contributed by atoms with van der Waals surface area (Å²) in [5.74, 6) is -0.575. The molecule has 0 spiro atoms. The van der Waals surface area contributed by atoms with E-state index in [4.69, 9.17) is 0 Å². The van der Waals surface area contributed by atoms with Crippen molar-refractivity contribution in [1.29, 1.82) is 0 Å². The van der Waals surface area contributed by atoms with Gasteiger partial charge in [0.05, 0.1) is 17.6 Å². The van der Waals surface area contributed by atoms with Gasteiger partial charge < -0.3 is 14.7 Å². The summed E-state index contributed by atoms with van der Waals surface area (Å²) in [7, 11) is 0. The van der Waals surface area contributed by atoms with E-state index in [2.05, 4.69) is 6.07 Å². The molecule has 1 aliphatic carbocycles. The van der Waals surface area contributed by atoms with Crippen molar-refractivity contribution in [3.05, 3.63) is 87.9 Å². The normalized spacial score (nSPS) is 22.7. The number of thiophene rings is 1. The lowest BCUT2D eigenvalue weighted by Crippen LogP contribution is -2.54. The van der Waals surface area contributed by atoms with Crippen LogP contribution in [0.4, 0.5) is 10.1 Å². The van der Waals surface area contributed by atoms with E-state index >= 15 is 0 Å². The minimum Gasteiger partial charge on any atom is -0.366 e. The first kappa shape index (κ1) is 23.2. The fraction of sp³-hybridized carbons (Fsp3) is 0.379. The highest BCUT2D eigenvalue weighted by Gasteiger charge is 2.48. The summed E-state index contributed by atoms with van der Waals surface area (Å²) in [6.45, 7) is 2.21. The van der Waals surface area contributed by atoms with E-state index in [1.807, 2.05) is 56.5 Å². The monoisotopic (exact) mass is 503 g/mol. The topological polar surface area (TPSA) is 43.9 Å². The first-order chi connectivity index (χ1) is 17.6. The summed E-state index contributed by atoms with van der Waals surface area (Å²) in [4.78, 5) is 35.2. The molecule has 36 heavy (non-hydrogen) atoms. The Morgan fingerprint density at radius 1 is 0.889 bits per heavy atom. The number of para-hydroxylation sites is 1. The van der Waals surface area contributed by atoms with Gasteiger partial charge in [-0.2, -0.15) is 0 Å². The van der Waals surface area contributed by atoms with Gasteiger partial charge in [-0.1, -0.05) is 49.2 Å². The first-order valence-electron chi connectivity index (χ1n) is 12.9. The quantitative estimate of drug-likeness (QED) is 0.475. The number of piperazine rings is 1. The van der Waals surface area contributed by atoms with Gasteiger partial charge in [-0.3, -0.25) is 9.59 Å². The number of benzene rings is 2. The number of halogens is 1. The zero-order chi connectivity index (χ0) is 24.6. The molecule has 2 aromatic carbocycles. The number of fused-ring (bicyclic) bond motifs is 1. The van der Waals surface area contributed by atoms with Crippen LogP contribution in [0.3, 0.4) is 0 Å². The second-order valence-electron chi connectivity index (χ2n) is 9.94. The molecule has 2 amide bonds. The fourth-order valence-electron chi connectivity index (χ4n) is 6.24. The van der Waals surface area contributed by atoms with Gasteiger partial charge in [0.15, 0.2) is 0 Å². The van der Waals surface area contributed by atoms with Crippen LogP contribution in [0, 0.1) is 5.82 Å². The number of amides is 2. The van der Waals surface area contributed by atoms with E-state index in [9.17, 15) is 14.0 Å². The third kappa shape index (κ3) is 3.99. The van der Waals surface area contributed by atoms with Crippen molar-refractivity contribution in [1.82, 2.24) is 9.80 Å². The number of hydrogen-bond donors (Lipinski definition) is 0. The van der Waals surface area contributed by atoms with Gasteiger partial charge in [-0.15, -0.1) is 11.3 Å². The molecule has 186 valence electrons. The van der Waals surface area contributed by atoms with Crippen LogP contribution in [-0.4, -0.2) is 53.8 Å². The summed E-state index contributed by atoms with van der Waals surface area (Å²) in [5.41, 5.74) is 2.07. The Labute approximate surface area is 215 Å². The van der Waals surface area contributed by atoms with Crippen LogP contribution in [0.5, 0.6) is 0 Å². The molecule has 3 heterocycles. The highest BCUT2D eigenvalue weighted by Crippen LogP contribution is 2.47. The number of anilines is 1. The molecule has 3 aromatic rings. The fourth-order valence-corrected chi connectivity index (χ4v) is 7.10. The lowest BCUT2D eigenvalue weighted by atomic mass is 9.80. The number of carbonyl (C=O) groups excluding carboxylic acids is 2. The largest absolute Gasteiger partial charge is 0.366 e. The summed E-state index contributed by atoms with van der Waals surface area (Å²) in [6, 6.07) is 18.4. The lowest BCUT2D eigenvalue weighted by Gasteiger charge is -2.46. The Kier molecular flexibility index (Phi) is 6.25. The number of nitrogens with zero attached hydrogens (tertiary/aromatic N) is 3. The Bertz CT molecular complexity index is 1250. The second kappa shape index (κ2) is 9.69. The van der Waals surface area contributed by atoms with Crippen molar-refractivity contribution >= 4 is 28.8 Å². The molecule has 1 aromatic heterocycles. The van der Waals surface area contributed by atoms with Gasteiger partial charge in [0, 0.05) is 42.7 Å². The minimum absolute atomic E-state index is 0.0457. The Morgan fingerprint density at radius 2 is 1.61 bits per heavy atom. The van der Waals surface area contributed by atoms with Crippen LogP contribution in [-0.2, 0) is 4.79 Å². The van der Waals surface area contributed by atoms with E-state index in [-0.39, 0.29) is 29.7 Å². The maximum absolute atomic E-state index is 14.4. The van der Waals surface area contributed by atoms with Gasteiger partial charge in [0.25, 0.3) is 5.91 Å². The molecule has 0 N–H and O–H groups in total. The van der Waals surface area contributed by atoms with Crippen molar-refractivity contribution in [2.45, 2.75) is 43.7 Å². The van der Waals surface area contributed by atoms with Crippen molar-refractivity contribution in [3.8, 4) is 0 Å². The molecule has 7 heteroatoms.